The minimum Gasteiger partial charge on any atom is -0.394 e. The third kappa shape index (κ3) is 3.10. The first-order chi connectivity index (χ1) is 9.52. The number of carbonyl (C=O) groups excluding carboxylic acids is 1. The maximum atomic E-state index is 13.8. The first-order valence-corrected chi connectivity index (χ1v) is 6.98. The van der Waals surface area contributed by atoms with Crippen LogP contribution in [0.25, 0.3) is 0 Å². The van der Waals surface area contributed by atoms with Crippen LogP contribution in [0.4, 0.5) is 9.18 Å². The molecule has 20 heavy (non-hydrogen) atoms. The minimum absolute atomic E-state index is 0.112. The average molecular weight is 280 g/mol. The summed E-state index contributed by atoms with van der Waals surface area (Å²) in [7, 11) is 0. The molecule has 2 amide bonds. The zero-order chi connectivity index (χ0) is 14.7. The molecular weight excluding hydrogens is 259 g/mol. The van der Waals surface area contributed by atoms with Gasteiger partial charge in [0, 0.05) is 0 Å². The Balaban J connectivity index is 2.16. The standard InChI is InChI=1S/C15H21FN2O2/c1-9-6-7-11-12(4-3-5-13(11)16)14(9)18-15(20)17-10(2)8-19/h3-5,9-10,14,19H,6-8H2,1-2H3,(H2,17,18,20). The molecule has 1 aliphatic carbocycles. The van der Waals surface area contributed by atoms with Crippen LogP contribution in [0.1, 0.15) is 37.4 Å². The number of rotatable bonds is 3. The molecule has 110 valence electrons. The highest BCUT2D eigenvalue weighted by atomic mass is 19.1. The maximum absolute atomic E-state index is 13.8. The molecule has 1 aliphatic rings. The van der Waals surface area contributed by atoms with E-state index in [2.05, 4.69) is 10.6 Å². The molecule has 0 aromatic heterocycles. The Labute approximate surface area is 118 Å². The number of fused-ring (bicyclic) bond motifs is 1. The third-order valence-corrected chi connectivity index (χ3v) is 3.85. The van der Waals surface area contributed by atoms with Crippen LogP contribution in [0, 0.1) is 11.7 Å². The van der Waals surface area contributed by atoms with Crippen molar-refractivity contribution in [2.24, 2.45) is 5.92 Å². The highest BCUT2D eigenvalue weighted by molar-refractivity contribution is 5.75. The Bertz CT molecular complexity index is 493. The lowest BCUT2D eigenvalue weighted by atomic mass is 9.80. The fraction of sp³-hybridized carbons (Fsp3) is 0.533. The van der Waals surface area contributed by atoms with Gasteiger partial charge in [0.1, 0.15) is 5.82 Å². The first-order valence-electron chi connectivity index (χ1n) is 6.98. The van der Waals surface area contributed by atoms with Gasteiger partial charge < -0.3 is 15.7 Å². The number of aliphatic hydroxyl groups excluding tert-OH is 1. The van der Waals surface area contributed by atoms with Crippen molar-refractivity contribution >= 4 is 6.03 Å². The van der Waals surface area contributed by atoms with Gasteiger partial charge in [0.25, 0.3) is 0 Å². The van der Waals surface area contributed by atoms with E-state index in [1.165, 1.54) is 6.07 Å². The molecule has 0 aliphatic heterocycles. The molecule has 0 saturated heterocycles. The summed E-state index contributed by atoms with van der Waals surface area (Å²) in [6, 6.07) is 4.17. The summed E-state index contributed by atoms with van der Waals surface area (Å²) >= 11 is 0. The second-order valence-electron chi connectivity index (χ2n) is 5.50. The predicted octanol–water partition coefficient (Wildman–Crippen LogP) is 2.13. The van der Waals surface area contributed by atoms with E-state index in [0.29, 0.717) is 12.0 Å². The summed E-state index contributed by atoms with van der Waals surface area (Å²) in [6.07, 6.45) is 1.55. The molecule has 0 heterocycles. The Hall–Kier alpha value is -1.62. The number of halogens is 1. The van der Waals surface area contributed by atoms with Crippen LogP contribution in [0.15, 0.2) is 18.2 Å². The molecule has 3 N–H and O–H groups in total. The Morgan fingerprint density at radius 3 is 3.00 bits per heavy atom. The second-order valence-corrected chi connectivity index (χ2v) is 5.50. The van der Waals surface area contributed by atoms with Crippen LogP contribution < -0.4 is 10.6 Å². The van der Waals surface area contributed by atoms with Crippen molar-refractivity contribution in [1.29, 1.82) is 0 Å². The van der Waals surface area contributed by atoms with Crippen molar-refractivity contribution in [3.63, 3.8) is 0 Å². The molecule has 3 unspecified atom stereocenters. The van der Waals surface area contributed by atoms with Crippen LogP contribution in [0.3, 0.4) is 0 Å². The number of carbonyl (C=O) groups is 1. The SMILES string of the molecule is CC(CO)NC(=O)NC1c2cccc(F)c2CCC1C. The highest BCUT2D eigenvalue weighted by Gasteiger charge is 2.29. The quantitative estimate of drug-likeness (QED) is 0.794. The van der Waals surface area contributed by atoms with Crippen molar-refractivity contribution in [2.45, 2.75) is 38.8 Å². The maximum Gasteiger partial charge on any atom is 0.315 e. The van der Waals surface area contributed by atoms with Crippen LogP contribution in [-0.4, -0.2) is 23.8 Å². The summed E-state index contributed by atoms with van der Waals surface area (Å²) in [5.41, 5.74) is 1.56. The first kappa shape index (κ1) is 14.8. The molecule has 0 fully saturated rings. The number of benzene rings is 1. The molecule has 3 atom stereocenters. The van der Waals surface area contributed by atoms with Gasteiger partial charge in [-0.2, -0.15) is 0 Å². The summed E-state index contributed by atoms with van der Waals surface area (Å²) < 4.78 is 13.8. The number of urea groups is 1. The van der Waals surface area contributed by atoms with Gasteiger partial charge in [0.15, 0.2) is 0 Å². The van der Waals surface area contributed by atoms with Crippen LogP contribution in [0.2, 0.25) is 0 Å². The Kier molecular flexibility index (Phi) is 4.60. The highest BCUT2D eigenvalue weighted by Crippen LogP contribution is 2.35. The second kappa shape index (κ2) is 6.22. The van der Waals surface area contributed by atoms with Crippen molar-refractivity contribution in [3.8, 4) is 0 Å². The van der Waals surface area contributed by atoms with Crippen molar-refractivity contribution in [2.75, 3.05) is 6.61 Å². The Morgan fingerprint density at radius 2 is 2.30 bits per heavy atom. The molecule has 0 radical (unpaired) electrons. The van der Waals surface area contributed by atoms with Gasteiger partial charge in [0.2, 0.25) is 0 Å². The number of nitrogens with one attached hydrogen (secondary N) is 2. The van der Waals surface area contributed by atoms with E-state index >= 15 is 0 Å². The molecule has 0 spiro atoms. The zero-order valence-electron chi connectivity index (χ0n) is 11.8. The monoisotopic (exact) mass is 280 g/mol. The van der Waals surface area contributed by atoms with Crippen LogP contribution >= 0.6 is 0 Å². The van der Waals surface area contributed by atoms with E-state index < -0.39 is 0 Å². The van der Waals surface area contributed by atoms with Crippen molar-refractivity contribution < 1.29 is 14.3 Å². The van der Waals surface area contributed by atoms with E-state index in [1.54, 1.807) is 13.0 Å². The van der Waals surface area contributed by atoms with E-state index in [4.69, 9.17) is 5.11 Å². The van der Waals surface area contributed by atoms with Gasteiger partial charge in [-0.3, -0.25) is 0 Å². The normalized spacial score (nSPS) is 22.8. The Morgan fingerprint density at radius 1 is 1.55 bits per heavy atom. The van der Waals surface area contributed by atoms with Crippen molar-refractivity contribution in [1.82, 2.24) is 10.6 Å². The number of hydrogen-bond acceptors (Lipinski definition) is 2. The lowest BCUT2D eigenvalue weighted by Gasteiger charge is -2.32. The van der Waals surface area contributed by atoms with Gasteiger partial charge in [-0.25, -0.2) is 9.18 Å². The zero-order valence-corrected chi connectivity index (χ0v) is 11.8. The molecule has 0 bridgehead atoms. The van der Waals surface area contributed by atoms with E-state index in [-0.39, 0.29) is 36.5 Å². The molecule has 4 nitrogen and oxygen atoms in total. The molecular formula is C15H21FN2O2. The summed E-state index contributed by atoms with van der Waals surface area (Å²) in [5.74, 6) is 0.0461. The smallest absolute Gasteiger partial charge is 0.315 e. The van der Waals surface area contributed by atoms with Gasteiger partial charge in [-0.1, -0.05) is 19.1 Å². The third-order valence-electron chi connectivity index (χ3n) is 3.85. The van der Waals surface area contributed by atoms with Gasteiger partial charge in [-0.15, -0.1) is 0 Å². The number of aliphatic hydroxyl groups is 1. The van der Waals surface area contributed by atoms with E-state index in [9.17, 15) is 9.18 Å². The summed E-state index contributed by atoms with van der Waals surface area (Å²) in [5, 5.41) is 14.5. The topological polar surface area (TPSA) is 61.4 Å². The summed E-state index contributed by atoms with van der Waals surface area (Å²) in [4.78, 5) is 11.9. The largest absolute Gasteiger partial charge is 0.394 e. The predicted molar refractivity (Wildman–Crippen MR) is 74.8 cm³/mol. The average Bonchev–Trinajstić information content (AvgIpc) is 2.42. The van der Waals surface area contributed by atoms with Crippen LogP contribution in [-0.2, 0) is 6.42 Å². The van der Waals surface area contributed by atoms with Crippen LogP contribution in [0.5, 0.6) is 0 Å². The van der Waals surface area contributed by atoms with E-state index in [0.717, 1.165) is 12.0 Å². The van der Waals surface area contributed by atoms with Gasteiger partial charge in [-0.05, 0) is 42.9 Å². The fourth-order valence-corrected chi connectivity index (χ4v) is 2.65. The van der Waals surface area contributed by atoms with Gasteiger partial charge >= 0.3 is 6.03 Å². The van der Waals surface area contributed by atoms with Crippen molar-refractivity contribution in [3.05, 3.63) is 35.1 Å². The molecule has 0 saturated carbocycles. The minimum atomic E-state index is -0.333. The van der Waals surface area contributed by atoms with Gasteiger partial charge in [0.05, 0.1) is 18.7 Å². The summed E-state index contributed by atoms with van der Waals surface area (Å²) in [6.45, 7) is 3.66. The molecule has 5 heteroatoms. The lowest BCUT2D eigenvalue weighted by molar-refractivity contribution is 0.212. The van der Waals surface area contributed by atoms with E-state index in [1.807, 2.05) is 13.0 Å². The molecule has 1 aromatic rings. The number of hydrogen-bond donors (Lipinski definition) is 3. The fourth-order valence-electron chi connectivity index (χ4n) is 2.65. The lowest BCUT2D eigenvalue weighted by Crippen LogP contribution is -2.45. The number of amides is 2. The molecule has 1 aromatic carbocycles. The molecule has 2 rings (SSSR count).